The zero-order chi connectivity index (χ0) is 29.4. The second-order valence-electron chi connectivity index (χ2n) is 11.2. The average Bonchev–Trinajstić information content (AvgIpc) is 3.53. The van der Waals surface area contributed by atoms with Gasteiger partial charge in [-0.1, -0.05) is 12.1 Å². The molecule has 12 heteroatoms. The lowest BCUT2D eigenvalue weighted by atomic mass is 10.0. The number of halogens is 2. The highest BCUT2D eigenvalue weighted by molar-refractivity contribution is 9.10. The van der Waals surface area contributed by atoms with E-state index < -0.39 is 17.3 Å². The number of anilines is 1. The Bertz CT molecular complexity index is 1440. The smallest absolute Gasteiger partial charge is 0.325 e. The summed E-state index contributed by atoms with van der Waals surface area (Å²) in [5, 5.41) is 16.3. The summed E-state index contributed by atoms with van der Waals surface area (Å²) in [5.74, 6) is -0.166. The van der Waals surface area contributed by atoms with Gasteiger partial charge in [0.15, 0.2) is 0 Å². The number of aliphatic hydroxyl groups is 1. The van der Waals surface area contributed by atoms with E-state index >= 15 is 0 Å². The Morgan fingerprint density at radius 3 is 2.61 bits per heavy atom. The fourth-order valence-electron chi connectivity index (χ4n) is 5.32. The molecule has 1 unspecified atom stereocenters. The van der Waals surface area contributed by atoms with Crippen LogP contribution in [0.5, 0.6) is 0 Å². The van der Waals surface area contributed by atoms with Gasteiger partial charge < -0.3 is 15.3 Å². The fourth-order valence-corrected chi connectivity index (χ4v) is 7.11. The van der Waals surface area contributed by atoms with E-state index in [9.17, 15) is 19.1 Å². The van der Waals surface area contributed by atoms with Gasteiger partial charge in [-0.3, -0.25) is 15.0 Å². The molecule has 2 aliphatic rings. The fraction of sp³-hybridized carbons (Fsp3) is 0.448. The summed E-state index contributed by atoms with van der Waals surface area (Å²) >= 11 is 5.25. The van der Waals surface area contributed by atoms with Crippen molar-refractivity contribution in [1.29, 1.82) is 0 Å². The van der Waals surface area contributed by atoms with Crippen LogP contribution in [-0.2, 0) is 17.6 Å². The van der Waals surface area contributed by atoms with Crippen molar-refractivity contribution in [2.75, 3.05) is 31.5 Å². The van der Waals surface area contributed by atoms with E-state index in [1.165, 1.54) is 22.6 Å². The summed E-state index contributed by atoms with van der Waals surface area (Å²) in [7, 11) is 0. The van der Waals surface area contributed by atoms with Crippen molar-refractivity contribution in [1.82, 2.24) is 25.1 Å². The Labute approximate surface area is 251 Å². The lowest BCUT2D eigenvalue weighted by molar-refractivity contribution is -0.125. The van der Waals surface area contributed by atoms with Gasteiger partial charge in [-0.2, -0.15) is 0 Å². The molecule has 218 valence electrons. The number of hydrogen-bond acceptors (Lipinski definition) is 8. The van der Waals surface area contributed by atoms with E-state index in [0.717, 1.165) is 57.8 Å². The molecule has 1 atom stereocenters. The van der Waals surface area contributed by atoms with E-state index in [0.29, 0.717) is 25.5 Å². The van der Waals surface area contributed by atoms with Crippen LogP contribution >= 0.6 is 27.3 Å². The summed E-state index contributed by atoms with van der Waals surface area (Å²) < 4.78 is 14.3. The van der Waals surface area contributed by atoms with Gasteiger partial charge in [0.25, 0.3) is 5.91 Å². The van der Waals surface area contributed by atoms with Gasteiger partial charge in [0.2, 0.25) is 5.95 Å². The molecule has 3 N–H and O–H groups in total. The number of amides is 3. The summed E-state index contributed by atoms with van der Waals surface area (Å²) in [6.07, 6.45) is 4.87. The van der Waals surface area contributed by atoms with Gasteiger partial charge in [-0.25, -0.2) is 19.2 Å². The molecule has 0 saturated carbocycles. The van der Waals surface area contributed by atoms with Crippen LogP contribution in [0.1, 0.15) is 49.6 Å². The quantitative estimate of drug-likeness (QED) is 0.272. The summed E-state index contributed by atoms with van der Waals surface area (Å²) in [4.78, 5) is 39.1. The number of carbonyl (C=O) groups excluding carboxylic acids is 2. The van der Waals surface area contributed by atoms with Gasteiger partial charge in [-0.15, -0.1) is 11.3 Å². The topological polar surface area (TPSA) is 111 Å². The number of imide groups is 1. The first-order valence-corrected chi connectivity index (χ1v) is 15.3. The Balaban J connectivity index is 1.35. The molecule has 4 heterocycles. The highest BCUT2D eigenvalue weighted by Gasteiger charge is 2.45. The van der Waals surface area contributed by atoms with Crippen LogP contribution < -0.4 is 10.6 Å². The lowest BCUT2D eigenvalue weighted by Gasteiger charge is -2.29. The first-order valence-electron chi connectivity index (χ1n) is 13.7. The number of carbonyl (C=O) groups is 2. The van der Waals surface area contributed by atoms with Crippen LogP contribution in [0.3, 0.4) is 0 Å². The zero-order valence-corrected chi connectivity index (χ0v) is 25.7. The van der Waals surface area contributed by atoms with Crippen molar-refractivity contribution in [3.8, 4) is 10.6 Å². The summed E-state index contributed by atoms with van der Waals surface area (Å²) in [6, 6.07) is 8.31. The lowest BCUT2D eigenvalue weighted by Crippen LogP contribution is -2.46. The minimum absolute atomic E-state index is 0.262. The average molecular weight is 646 g/mol. The molecule has 2 fully saturated rings. The highest BCUT2D eigenvalue weighted by atomic mass is 79.9. The van der Waals surface area contributed by atoms with Crippen LogP contribution in [0.15, 0.2) is 41.0 Å². The van der Waals surface area contributed by atoms with Gasteiger partial charge in [-0.05, 0) is 85.3 Å². The maximum absolute atomic E-state index is 13.5. The van der Waals surface area contributed by atoms with E-state index in [-0.39, 0.29) is 11.7 Å². The van der Waals surface area contributed by atoms with Crippen molar-refractivity contribution in [3.63, 3.8) is 0 Å². The molecule has 3 amide bonds. The highest BCUT2D eigenvalue weighted by Crippen LogP contribution is 2.37. The van der Waals surface area contributed by atoms with Gasteiger partial charge >= 0.3 is 6.03 Å². The number of likely N-dealkylation sites (tertiary alicyclic amines) is 1. The molecule has 0 aliphatic carbocycles. The molecule has 0 bridgehead atoms. The Morgan fingerprint density at radius 2 is 1.95 bits per heavy atom. The van der Waals surface area contributed by atoms with Crippen molar-refractivity contribution >= 4 is 45.2 Å². The SMILES string of the molecule is CC1(O)CCCN1CCc1cc(-c2nc(NCCN3C(=O)NC(=O)C3(C)C)ncc2Br)sc1Cc1ccc(F)cc1. The van der Waals surface area contributed by atoms with Gasteiger partial charge in [0.05, 0.1) is 15.0 Å². The molecule has 1 aromatic carbocycles. The summed E-state index contributed by atoms with van der Waals surface area (Å²) in [5.41, 5.74) is 1.22. The van der Waals surface area contributed by atoms with E-state index in [2.05, 4.69) is 42.5 Å². The molecule has 2 aliphatic heterocycles. The largest absolute Gasteiger partial charge is 0.376 e. The first kappa shape index (κ1) is 29.6. The third-order valence-corrected chi connectivity index (χ3v) is 9.64. The van der Waals surface area contributed by atoms with E-state index in [1.807, 2.05) is 19.1 Å². The first-order chi connectivity index (χ1) is 19.4. The Morgan fingerprint density at radius 1 is 1.20 bits per heavy atom. The van der Waals surface area contributed by atoms with Crippen molar-refractivity contribution in [3.05, 3.63) is 62.8 Å². The molecule has 2 aromatic heterocycles. The summed E-state index contributed by atoms with van der Waals surface area (Å²) in [6.45, 7) is 7.58. The minimum Gasteiger partial charge on any atom is -0.376 e. The predicted molar refractivity (Wildman–Crippen MR) is 160 cm³/mol. The van der Waals surface area contributed by atoms with Crippen LogP contribution in [0.2, 0.25) is 0 Å². The predicted octanol–water partition coefficient (Wildman–Crippen LogP) is 4.79. The van der Waals surface area contributed by atoms with Crippen molar-refractivity contribution in [2.45, 2.75) is 57.7 Å². The molecule has 3 aromatic rings. The maximum atomic E-state index is 13.5. The molecular formula is C29H34BrFN6O3S. The number of hydrogen-bond donors (Lipinski definition) is 3. The van der Waals surface area contributed by atoms with E-state index in [1.54, 1.807) is 31.4 Å². The molecular weight excluding hydrogens is 611 g/mol. The zero-order valence-electron chi connectivity index (χ0n) is 23.3. The standard InChI is InChI=1S/C29H34BrFN6O3S/c1-28(2)25(38)35-27(39)37(28)14-11-32-26-33-17-21(30)24(34-26)23-16-19(9-13-36-12-4-10-29(36,3)40)22(41-23)15-18-5-7-20(31)8-6-18/h5-8,16-17,40H,4,9-15H2,1-3H3,(H,32,33,34)(H,35,38,39). The number of nitrogens with one attached hydrogen (secondary N) is 2. The molecule has 5 rings (SSSR count). The number of benzene rings is 1. The van der Waals surface area contributed by atoms with Gasteiger partial charge in [0, 0.05) is 43.7 Å². The van der Waals surface area contributed by atoms with Crippen molar-refractivity contribution in [2.24, 2.45) is 0 Å². The van der Waals surface area contributed by atoms with Crippen LogP contribution in [0.25, 0.3) is 10.6 Å². The second kappa shape index (κ2) is 11.7. The Kier molecular flexibility index (Phi) is 8.47. The maximum Gasteiger partial charge on any atom is 0.325 e. The molecule has 9 nitrogen and oxygen atoms in total. The third kappa shape index (κ3) is 6.45. The Hall–Kier alpha value is -2.93. The molecule has 0 spiro atoms. The third-order valence-electron chi connectivity index (χ3n) is 7.88. The van der Waals surface area contributed by atoms with Crippen LogP contribution in [0, 0.1) is 5.82 Å². The van der Waals surface area contributed by atoms with Gasteiger partial charge in [0.1, 0.15) is 17.1 Å². The molecule has 0 radical (unpaired) electrons. The second-order valence-corrected chi connectivity index (χ2v) is 13.2. The number of rotatable bonds is 10. The monoisotopic (exact) mass is 644 g/mol. The van der Waals surface area contributed by atoms with Crippen LogP contribution in [-0.4, -0.2) is 74.3 Å². The number of urea groups is 1. The molecule has 2 saturated heterocycles. The van der Waals surface area contributed by atoms with E-state index in [4.69, 9.17) is 4.98 Å². The number of nitrogens with zero attached hydrogens (tertiary/aromatic N) is 4. The van der Waals surface area contributed by atoms with Crippen molar-refractivity contribution < 1.29 is 19.1 Å². The normalized spacial score (nSPS) is 20.6. The minimum atomic E-state index is -0.915. The number of aromatic nitrogens is 2. The number of thiophene rings is 1. The molecule has 41 heavy (non-hydrogen) atoms. The van der Waals surface area contributed by atoms with Crippen LogP contribution in [0.4, 0.5) is 15.1 Å².